The molecule has 2 aromatic carbocycles. The molecule has 1 saturated heterocycles. The van der Waals surface area contributed by atoms with Crippen LogP contribution in [0.4, 0.5) is 4.39 Å². The van der Waals surface area contributed by atoms with Crippen LogP contribution >= 0.6 is 11.6 Å². The average Bonchev–Trinajstić information content (AvgIpc) is 3.49. The van der Waals surface area contributed by atoms with Crippen molar-refractivity contribution in [3.63, 3.8) is 0 Å². The topological polar surface area (TPSA) is 39.1 Å². The molecule has 1 saturated carbocycles. The summed E-state index contributed by atoms with van der Waals surface area (Å²) in [6.07, 6.45) is 6.48. The normalized spacial score (nSPS) is 19.6. The van der Waals surface area contributed by atoms with Gasteiger partial charge in [0, 0.05) is 34.1 Å². The van der Waals surface area contributed by atoms with E-state index in [0.29, 0.717) is 11.6 Å². The van der Waals surface area contributed by atoms with Crippen LogP contribution in [-0.2, 0) is 16.7 Å². The highest BCUT2D eigenvalue weighted by Crippen LogP contribution is 2.37. The summed E-state index contributed by atoms with van der Waals surface area (Å²) in [7, 11) is 0. The van der Waals surface area contributed by atoms with E-state index in [4.69, 9.17) is 21.4 Å². The van der Waals surface area contributed by atoms with Crippen LogP contribution in [0.15, 0.2) is 42.6 Å². The van der Waals surface area contributed by atoms with E-state index in [1.165, 1.54) is 12.8 Å². The number of fused-ring (bicyclic) bond motifs is 1. The van der Waals surface area contributed by atoms with Crippen LogP contribution in [0.3, 0.4) is 0 Å². The van der Waals surface area contributed by atoms with Crippen LogP contribution in [-0.4, -0.2) is 29.5 Å². The summed E-state index contributed by atoms with van der Waals surface area (Å²) in [5, 5.41) is 10.1. The van der Waals surface area contributed by atoms with Gasteiger partial charge in [0.2, 0.25) is 0 Å². The molecule has 0 unspecified atom stereocenters. The van der Waals surface area contributed by atoms with Crippen LogP contribution in [0, 0.1) is 11.7 Å². The van der Waals surface area contributed by atoms with Crippen LogP contribution in [0.1, 0.15) is 49.8 Å². The summed E-state index contributed by atoms with van der Waals surface area (Å²) >= 11 is 6.45. The molecule has 6 heteroatoms. The van der Waals surface area contributed by atoms with E-state index in [1.54, 1.807) is 12.1 Å². The van der Waals surface area contributed by atoms with Gasteiger partial charge < -0.3 is 10.1 Å². The predicted molar refractivity (Wildman–Crippen MR) is 122 cm³/mol. The van der Waals surface area contributed by atoms with Gasteiger partial charge in [-0.25, -0.2) is 4.39 Å². The quantitative estimate of drug-likeness (QED) is 0.515. The van der Waals surface area contributed by atoms with Gasteiger partial charge in [0.1, 0.15) is 5.82 Å². The zero-order valence-electron chi connectivity index (χ0n) is 17.9. The van der Waals surface area contributed by atoms with E-state index in [-0.39, 0.29) is 17.3 Å². The van der Waals surface area contributed by atoms with Gasteiger partial charge in [-0.2, -0.15) is 5.10 Å². The van der Waals surface area contributed by atoms with Crippen molar-refractivity contribution < 1.29 is 9.13 Å². The smallest absolute Gasteiger partial charge is 0.123 e. The van der Waals surface area contributed by atoms with Crippen molar-refractivity contribution in [1.82, 2.24) is 15.1 Å². The number of hydrogen-bond donors (Lipinski definition) is 1. The summed E-state index contributed by atoms with van der Waals surface area (Å²) < 4.78 is 22.1. The molecule has 0 radical (unpaired) electrons. The third-order valence-corrected chi connectivity index (χ3v) is 7.08. The van der Waals surface area contributed by atoms with Gasteiger partial charge >= 0.3 is 0 Å². The maximum Gasteiger partial charge on any atom is 0.123 e. The number of nitrogens with one attached hydrogen (secondary N) is 1. The molecule has 31 heavy (non-hydrogen) atoms. The number of rotatable bonds is 7. The van der Waals surface area contributed by atoms with Crippen molar-refractivity contribution in [3.8, 4) is 0 Å². The lowest BCUT2D eigenvalue weighted by atomic mass is 9.74. The molecule has 5 rings (SSSR count). The molecule has 2 heterocycles. The van der Waals surface area contributed by atoms with Gasteiger partial charge in [0.25, 0.3) is 0 Å². The zero-order valence-corrected chi connectivity index (χ0v) is 18.7. The minimum absolute atomic E-state index is 0.115. The molecular formula is C25H29ClFN3O. The van der Waals surface area contributed by atoms with Crippen molar-refractivity contribution in [1.29, 1.82) is 0 Å². The van der Waals surface area contributed by atoms with Gasteiger partial charge in [0.05, 0.1) is 18.2 Å². The Morgan fingerprint density at radius 3 is 2.68 bits per heavy atom. The molecule has 0 spiro atoms. The molecule has 2 fully saturated rings. The minimum atomic E-state index is -0.203. The molecule has 1 aromatic heterocycles. The number of nitrogens with zero attached hydrogens (tertiary/aromatic N) is 2. The van der Waals surface area contributed by atoms with Gasteiger partial charge in [-0.1, -0.05) is 23.7 Å². The van der Waals surface area contributed by atoms with E-state index in [2.05, 4.69) is 23.1 Å². The Balaban J connectivity index is 1.39. The Morgan fingerprint density at radius 1 is 1.23 bits per heavy atom. The number of aromatic nitrogens is 2. The third kappa shape index (κ3) is 4.50. The molecule has 4 nitrogen and oxygen atoms in total. The summed E-state index contributed by atoms with van der Waals surface area (Å²) in [4.78, 5) is 0. The first-order chi connectivity index (χ1) is 15.0. The van der Waals surface area contributed by atoms with E-state index >= 15 is 0 Å². The number of benzene rings is 2. The number of halogens is 2. The molecule has 0 amide bonds. The highest BCUT2D eigenvalue weighted by Gasteiger charge is 2.35. The van der Waals surface area contributed by atoms with Crippen molar-refractivity contribution in [2.45, 2.75) is 50.7 Å². The predicted octanol–water partition coefficient (Wildman–Crippen LogP) is 5.64. The highest BCUT2D eigenvalue weighted by atomic mass is 35.5. The Bertz CT molecular complexity index is 1050. The lowest BCUT2D eigenvalue weighted by Gasteiger charge is -2.38. The molecule has 2 aliphatic rings. The Kier molecular flexibility index (Phi) is 5.76. The van der Waals surface area contributed by atoms with Crippen LogP contribution in [0.5, 0.6) is 0 Å². The first-order valence-corrected chi connectivity index (χ1v) is 11.7. The standard InChI is InChI=1S/C25H29ClFN3O/c1-17(23-13-21(26)12-19-15-30(29-24(19)23)14-18-2-3-18)31-16-25(8-10-28-11-9-25)20-4-6-22(27)7-5-20/h4-7,12-13,15,17-18,28H,2-3,8-11,14,16H2,1H3/t17-/m1/s1. The molecule has 3 aromatic rings. The number of ether oxygens (including phenoxy) is 1. The molecular weight excluding hydrogens is 413 g/mol. The summed E-state index contributed by atoms with van der Waals surface area (Å²) in [6, 6.07) is 10.9. The van der Waals surface area contributed by atoms with E-state index in [1.807, 2.05) is 24.3 Å². The molecule has 0 bridgehead atoms. The first kappa shape index (κ1) is 20.9. The second-order valence-electron chi connectivity index (χ2n) is 9.22. The second-order valence-corrected chi connectivity index (χ2v) is 9.65. The van der Waals surface area contributed by atoms with Crippen LogP contribution < -0.4 is 5.32 Å². The summed E-state index contributed by atoms with van der Waals surface area (Å²) in [5.41, 5.74) is 3.03. The summed E-state index contributed by atoms with van der Waals surface area (Å²) in [5.74, 6) is 0.558. The maximum absolute atomic E-state index is 13.5. The third-order valence-electron chi connectivity index (χ3n) is 6.86. The fourth-order valence-electron chi connectivity index (χ4n) is 4.74. The zero-order chi connectivity index (χ0) is 21.4. The fourth-order valence-corrected chi connectivity index (χ4v) is 4.98. The minimum Gasteiger partial charge on any atom is -0.373 e. The molecule has 1 atom stereocenters. The van der Waals surface area contributed by atoms with Crippen LogP contribution in [0.25, 0.3) is 10.9 Å². The molecule has 1 N–H and O–H groups in total. The van der Waals surface area contributed by atoms with Gasteiger partial charge in [-0.15, -0.1) is 0 Å². The van der Waals surface area contributed by atoms with Gasteiger partial charge in [0.15, 0.2) is 0 Å². The van der Waals surface area contributed by atoms with E-state index in [0.717, 1.165) is 60.4 Å². The number of piperidine rings is 1. The molecule has 1 aliphatic carbocycles. The Morgan fingerprint density at radius 2 is 1.97 bits per heavy atom. The maximum atomic E-state index is 13.5. The Hall–Kier alpha value is -1.95. The van der Waals surface area contributed by atoms with E-state index in [9.17, 15) is 4.39 Å². The summed E-state index contributed by atoms with van der Waals surface area (Å²) in [6.45, 7) is 5.49. The second kappa shape index (κ2) is 8.53. The molecule has 164 valence electrons. The molecule has 1 aliphatic heterocycles. The van der Waals surface area contributed by atoms with Crippen molar-refractivity contribution in [2.24, 2.45) is 5.92 Å². The van der Waals surface area contributed by atoms with Crippen molar-refractivity contribution in [3.05, 3.63) is 64.6 Å². The average molecular weight is 442 g/mol. The van der Waals surface area contributed by atoms with Crippen molar-refractivity contribution in [2.75, 3.05) is 19.7 Å². The number of hydrogen-bond acceptors (Lipinski definition) is 3. The SMILES string of the molecule is C[C@@H](OCC1(c2ccc(F)cc2)CCNCC1)c1cc(Cl)cc2cn(CC3CC3)nc12. The largest absolute Gasteiger partial charge is 0.373 e. The lowest BCUT2D eigenvalue weighted by Crippen LogP contribution is -2.43. The van der Waals surface area contributed by atoms with Gasteiger partial charge in [-0.05, 0) is 81.4 Å². The van der Waals surface area contributed by atoms with E-state index < -0.39 is 0 Å². The Labute approximate surface area is 187 Å². The fraction of sp³-hybridized carbons (Fsp3) is 0.480. The lowest BCUT2D eigenvalue weighted by molar-refractivity contribution is 0.0172. The highest BCUT2D eigenvalue weighted by molar-refractivity contribution is 6.31. The monoisotopic (exact) mass is 441 g/mol. The van der Waals surface area contributed by atoms with Crippen molar-refractivity contribution >= 4 is 22.5 Å². The van der Waals surface area contributed by atoms with Crippen LogP contribution in [0.2, 0.25) is 5.02 Å². The van der Waals surface area contributed by atoms with Gasteiger partial charge in [-0.3, -0.25) is 4.68 Å². The first-order valence-electron chi connectivity index (χ1n) is 11.3.